The van der Waals surface area contributed by atoms with Gasteiger partial charge < -0.3 is 29.4 Å². The van der Waals surface area contributed by atoms with Crippen molar-refractivity contribution < 1.29 is 46.4 Å². The van der Waals surface area contributed by atoms with Gasteiger partial charge in [-0.1, -0.05) is 53.4 Å². The Bertz CT molecular complexity index is 189. The Morgan fingerprint density at radius 2 is 0.632 bits per heavy atom. The zero-order chi connectivity index (χ0) is 15.8. The molecule has 0 aromatic rings. The van der Waals surface area contributed by atoms with Crippen molar-refractivity contribution in [1.82, 2.24) is 0 Å². The molecule has 6 N–H and O–H groups in total. The van der Waals surface area contributed by atoms with Gasteiger partial charge in [0.15, 0.2) is 0 Å². The number of unbranched alkanes of at least 4 members (excludes halogenated alkanes) is 2. The number of rotatable bonds is 2. The largest absolute Gasteiger partial charge is 0.325 e. The van der Waals surface area contributed by atoms with E-state index in [0.717, 1.165) is 0 Å². The van der Waals surface area contributed by atoms with Crippen LogP contribution in [0.15, 0.2) is 0 Å². The molecule has 0 saturated carbocycles. The van der Waals surface area contributed by atoms with Gasteiger partial charge in [-0.05, 0) is 23.6 Å². The SMILES string of the molecule is CCCC.CCCC.OP(O)(O)=S.OP(O)(O)=S.[Fe]. The summed E-state index contributed by atoms with van der Waals surface area (Å²) in [5.74, 6) is 0. The fourth-order valence-electron chi connectivity index (χ4n) is 0. The van der Waals surface area contributed by atoms with E-state index >= 15 is 0 Å². The Labute approximate surface area is 136 Å². The minimum atomic E-state index is -3.81. The van der Waals surface area contributed by atoms with Gasteiger partial charge in [0.05, 0.1) is 0 Å². The van der Waals surface area contributed by atoms with Gasteiger partial charge in [-0.15, -0.1) is 0 Å². The maximum Gasteiger partial charge on any atom is 0.319 e. The molecular formula is C8H26FeO6P2S2. The van der Waals surface area contributed by atoms with E-state index in [4.69, 9.17) is 29.4 Å². The van der Waals surface area contributed by atoms with Crippen molar-refractivity contribution in [3.05, 3.63) is 0 Å². The first-order valence-electron chi connectivity index (χ1n) is 5.39. The van der Waals surface area contributed by atoms with Gasteiger partial charge in [0.2, 0.25) is 0 Å². The second-order valence-corrected chi connectivity index (χ2v) is 8.02. The van der Waals surface area contributed by atoms with Crippen LogP contribution in [0.3, 0.4) is 0 Å². The van der Waals surface area contributed by atoms with Crippen LogP contribution in [0.4, 0.5) is 0 Å². The van der Waals surface area contributed by atoms with Crippen LogP contribution in [0.1, 0.15) is 53.4 Å². The molecule has 0 aliphatic heterocycles. The zero-order valence-electron chi connectivity index (χ0n) is 11.6. The van der Waals surface area contributed by atoms with Gasteiger partial charge in [-0.2, -0.15) is 0 Å². The minimum absolute atomic E-state index is 0. The average molecular weight is 400 g/mol. The third-order valence-electron chi connectivity index (χ3n) is 1.000. The Kier molecular flexibility index (Phi) is 37.4. The maximum atomic E-state index is 7.56. The molecule has 6 nitrogen and oxygen atoms in total. The molecule has 0 spiro atoms. The summed E-state index contributed by atoms with van der Waals surface area (Å²) in [7, 11) is 0. The fraction of sp³-hybridized carbons (Fsp3) is 1.00. The average Bonchev–Trinajstić information content (AvgIpc) is 2.12. The third kappa shape index (κ3) is 472. The molecule has 0 bridgehead atoms. The number of hydrogen-bond acceptors (Lipinski definition) is 2. The maximum absolute atomic E-state index is 7.56. The first-order chi connectivity index (χ1) is 7.83. The summed E-state index contributed by atoms with van der Waals surface area (Å²) in [6.45, 7) is 1.11. The Hall–Kier alpha value is 1.58. The van der Waals surface area contributed by atoms with Gasteiger partial charge in [-0.3, -0.25) is 0 Å². The molecule has 0 radical (unpaired) electrons. The molecule has 19 heavy (non-hydrogen) atoms. The summed E-state index contributed by atoms with van der Waals surface area (Å²) < 4.78 is 0. The first-order valence-corrected chi connectivity index (χ1v) is 10.7. The van der Waals surface area contributed by atoms with Crippen LogP contribution in [0.5, 0.6) is 0 Å². The van der Waals surface area contributed by atoms with Gasteiger partial charge >= 0.3 is 13.4 Å². The summed E-state index contributed by atoms with van der Waals surface area (Å²) >= 11 is 7.21. The van der Waals surface area contributed by atoms with E-state index in [1.54, 1.807) is 0 Å². The molecule has 0 saturated heterocycles. The second-order valence-electron chi connectivity index (χ2n) is 3.03. The number of hydrogen-bond donors (Lipinski definition) is 6. The third-order valence-corrected chi connectivity index (χ3v) is 1.000. The summed E-state index contributed by atoms with van der Waals surface area (Å²) in [6, 6.07) is 0. The van der Waals surface area contributed by atoms with Crippen molar-refractivity contribution in [3.8, 4) is 0 Å². The van der Waals surface area contributed by atoms with Gasteiger partial charge in [0.25, 0.3) is 0 Å². The van der Waals surface area contributed by atoms with E-state index in [1.807, 2.05) is 0 Å². The molecule has 0 aliphatic carbocycles. The Morgan fingerprint density at radius 1 is 0.579 bits per heavy atom. The van der Waals surface area contributed by atoms with Crippen molar-refractivity contribution in [2.24, 2.45) is 0 Å². The molecule has 0 fully saturated rings. The van der Waals surface area contributed by atoms with E-state index in [9.17, 15) is 0 Å². The molecule has 0 aromatic carbocycles. The molecule has 0 heterocycles. The van der Waals surface area contributed by atoms with Crippen molar-refractivity contribution >= 4 is 37.1 Å². The van der Waals surface area contributed by atoms with Crippen LogP contribution in [0, 0.1) is 0 Å². The van der Waals surface area contributed by atoms with Crippen molar-refractivity contribution in [3.63, 3.8) is 0 Å². The summed E-state index contributed by atoms with van der Waals surface area (Å²) in [5, 5.41) is 0. The molecule has 0 aliphatic rings. The zero-order valence-corrected chi connectivity index (χ0v) is 16.1. The van der Waals surface area contributed by atoms with E-state index in [0.29, 0.717) is 0 Å². The van der Waals surface area contributed by atoms with Crippen LogP contribution >= 0.6 is 13.4 Å². The molecule has 0 atom stereocenters. The minimum Gasteiger partial charge on any atom is -0.325 e. The monoisotopic (exact) mass is 400 g/mol. The summed E-state index contributed by atoms with van der Waals surface area (Å²) in [5.41, 5.74) is 0. The van der Waals surface area contributed by atoms with Crippen LogP contribution in [-0.4, -0.2) is 29.4 Å². The summed E-state index contributed by atoms with van der Waals surface area (Å²) in [4.78, 5) is 45.3. The molecule has 0 aromatic heterocycles. The predicted molar refractivity (Wildman–Crippen MR) is 83.0 cm³/mol. The molecule has 124 valence electrons. The van der Waals surface area contributed by atoms with Gasteiger partial charge in [-0.25, -0.2) is 0 Å². The van der Waals surface area contributed by atoms with Crippen LogP contribution in [0.2, 0.25) is 0 Å². The molecule has 0 amide bonds. The van der Waals surface area contributed by atoms with Crippen LogP contribution in [0.25, 0.3) is 0 Å². The Morgan fingerprint density at radius 3 is 0.632 bits per heavy atom. The van der Waals surface area contributed by atoms with E-state index in [-0.39, 0.29) is 17.1 Å². The topological polar surface area (TPSA) is 121 Å². The van der Waals surface area contributed by atoms with Crippen molar-refractivity contribution in [2.45, 2.75) is 53.4 Å². The molecule has 0 rings (SSSR count). The smallest absolute Gasteiger partial charge is 0.319 e. The quantitative estimate of drug-likeness (QED) is 0.308. The van der Waals surface area contributed by atoms with Crippen LogP contribution < -0.4 is 0 Å². The second kappa shape index (κ2) is 21.9. The van der Waals surface area contributed by atoms with Crippen molar-refractivity contribution in [1.29, 1.82) is 0 Å². The summed E-state index contributed by atoms with van der Waals surface area (Å²) in [6.07, 6.45) is 5.28. The molecule has 11 heteroatoms. The fourth-order valence-corrected chi connectivity index (χ4v) is 0. The predicted octanol–water partition coefficient (Wildman–Crippen LogP) is 1.99. The van der Waals surface area contributed by atoms with Crippen molar-refractivity contribution in [2.75, 3.05) is 0 Å². The standard InChI is InChI=1S/2C4H10.Fe.2H3O3PS/c2*1-3-4-2;;2*1-4(2,3)5/h2*3-4H2,1-2H3;;2*(H3,1,2,3,5). The van der Waals surface area contributed by atoms with Gasteiger partial charge in [0, 0.05) is 17.1 Å². The Balaban J connectivity index is -0.0000000453. The van der Waals surface area contributed by atoms with E-state index in [1.165, 1.54) is 25.7 Å². The van der Waals surface area contributed by atoms with Crippen LogP contribution in [-0.2, 0) is 40.7 Å². The normalized spacial score (nSPS) is 9.37. The van der Waals surface area contributed by atoms with E-state index in [2.05, 4.69) is 51.3 Å². The van der Waals surface area contributed by atoms with E-state index < -0.39 is 13.4 Å². The molecule has 0 unspecified atom stereocenters. The first kappa shape index (κ1) is 32.5. The molecular weight excluding hydrogens is 374 g/mol. The van der Waals surface area contributed by atoms with Gasteiger partial charge in [0.1, 0.15) is 0 Å².